The second kappa shape index (κ2) is 5.61. The molecule has 0 N–H and O–H groups in total. The maximum atomic E-state index is 12.8. The average molecular weight is 320 g/mol. The predicted molar refractivity (Wildman–Crippen MR) is 81.8 cm³/mol. The molecule has 1 heterocycles. The number of thioether (sulfide) groups is 1. The summed E-state index contributed by atoms with van der Waals surface area (Å²) in [5, 5.41) is 0.609. The topological polar surface area (TPSA) is 25.8 Å². The van der Waals surface area contributed by atoms with E-state index in [1.54, 1.807) is 0 Å². The fourth-order valence-corrected chi connectivity index (χ4v) is 2.69. The van der Waals surface area contributed by atoms with Crippen LogP contribution in [0.1, 0.15) is 5.56 Å². The Morgan fingerprint density at radius 1 is 0.909 bits per heavy atom. The van der Waals surface area contributed by atoms with Crippen molar-refractivity contribution >= 4 is 22.8 Å². The van der Waals surface area contributed by atoms with E-state index >= 15 is 0 Å². The quantitative estimate of drug-likeness (QED) is 0.619. The van der Waals surface area contributed by atoms with Crippen molar-refractivity contribution in [2.45, 2.75) is 11.2 Å². The molecule has 0 aliphatic carbocycles. The van der Waals surface area contributed by atoms with Crippen LogP contribution in [-0.2, 0) is 6.18 Å². The molecule has 0 spiro atoms. The van der Waals surface area contributed by atoms with Gasteiger partial charge in [-0.2, -0.15) is 13.2 Å². The first-order valence-electron chi connectivity index (χ1n) is 6.47. The number of nitrogens with zero attached hydrogens (tertiary/aromatic N) is 2. The lowest BCUT2D eigenvalue weighted by Crippen LogP contribution is -2.05. The molecule has 112 valence electrons. The largest absolute Gasteiger partial charge is 0.416 e. The Morgan fingerprint density at radius 2 is 1.64 bits per heavy atom. The van der Waals surface area contributed by atoms with Gasteiger partial charge in [-0.25, -0.2) is 9.97 Å². The van der Waals surface area contributed by atoms with Crippen LogP contribution < -0.4 is 0 Å². The van der Waals surface area contributed by atoms with E-state index in [1.807, 2.05) is 36.6 Å². The van der Waals surface area contributed by atoms with Crippen molar-refractivity contribution in [2.75, 3.05) is 6.26 Å². The first-order valence-corrected chi connectivity index (χ1v) is 7.70. The monoisotopic (exact) mass is 320 g/mol. The molecular weight excluding hydrogens is 309 g/mol. The van der Waals surface area contributed by atoms with E-state index in [9.17, 15) is 13.2 Å². The fourth-order valence-electron chi connectivity index (χ4n) is 2.14. The van der Waals surface area contributed by atoms with Gasteiger partial charge >= 0.3 is 6.18 Å². The Kier molecular flexibility index (Phi) is 3.78. The van der Waals surface area contributed by atoms with Crippen molar-refractivity contribution in [3.8, 4) is 11.3 Å². The van der Waals surface area contributed by atoms with Crippen LogP contribution >= 0.6 is 11.8 Å². The summed E-state index contributed by atoms with van der Waals surface area (Å²) in [4.78, 5) is 8.83. The van der Waals surface area contributed by atoms with Gasteiger partial charge in [-0.05, 0) is 24.5 Å². The Balaban J connectivity index is 2.21. The Bertz CT molecular complexity index is 817. The minimum Gasteiger partial charge on any atom is -0.243 e. The summed E-state index contributed by atoms with van der Waals surface area (Å²) in [6.45, 7) is 0. The molecule has 1 aromatic heterocycles. The van der Waals surface area contributed by atoms with Gasteiger partial charge in [-0.15, -0.1) is 11.8 Å². The van der Waals surface area contributed by atoms with Crippen LogP contribution in [0.5, 0.6) is 0 Å². The Morgan fingerprint density at radius 3 is 2.27 bits per heavy atom. The number of aromatic nitrogens is 2. The lowest BCUT2D eigenvalue weighted by molar-refractivity contribution is -0.137. The van der Waals surface area contributed by atoms with Crippen LogP contribution in [0, 0.1) is 0 Å². The number of alkyl halides is 3. The van der Waals surface area contributed by atoms with Crippen molar-refractivity contribution in [1.29, 1.82) is 0 Å². The van der Waals surface area contributed by atoms with Gasteiger partial charge in [-0.3, -0.25) is 0 Å². The van der Waals surface area contributed by atoms with Crippen LogP contribution in [0.4, 0.5) is 13.2 Å². The maximum absolute atomic E-state index is 12.8. The summed E-state index contributed by atoms with van der Waals surface area (Å²) in [5.74, 6) is 0. The SMILES string of the molecule is CSc1nc2cc(C(F)(F)F)ccc2nc1-c1ccccc1. The maximum Gasteiger partial charge on any atom is 0.416 e. The van der Waals surface area contributed by atoms with E-state index < -0.39 is 11.7 Å². The van der Waals surface area contributed by atoms with Crippen molar-refractivity contribution in [1.82, 2.24) is 9.97 Å². The zero-order valence-corrected chi connectivity index (χ0v) is 12.4. The molecule has 0 saturated heterocycles. The van der Waals surface area contributed by atoms with Crippen molar-refractivity contribution < 1.29 is 13.2 Å². The van der Waals surface area contributed by atoms with Gasteiger partial charge in [-0.1, -0.05) is 30.3 Å². The number of benzene rings is 2. The predicted octanol–water partition coefficient (Wildman–Crippen LogP) is 5.04. The van der Waals surface area contributed by atoms with Gasteiger partial charge in [0, 0.05) is 5.56 Å². The molecule has 3 rings (SSSR count). The average Bonchev–Trinajstić information content (AvgIpc) is 2.53. The molecule has 0 radical (unpaired) electrons. The van der Waals surface area contributed by atoms with Crippen molar-refractivity contribution in [3.63, 3.8) is 0 Å². The smallest absolute Gasteiger partial charge is 0.243 e. The first kappa shape index (κ1) is 14.8. The molecule has 0 amide bonds. The molecular formula is C16H11F3N2S. The summed E-state index contributed by atoms with van der Waals surface area (Å²) in [7, 11) is 0. The zero-order chi connectivity index (χ0) is 15.7. The molecule has 0 saturated carbocycles. The molecule has 0 fully saturated rings. The first-order chi connectivity index (χ1) is 10.5. The van der Waals surface area contributed by atoms with Gasteiger partial charge < -0.3 is 0 Å². The van der Waals surface area contributed by atoms with Gasteiger partial charge in [0.2, 0.25) is 0 Å². The summed E-state index contributed by atoms with van der Waals surface area (Å²) in [6.07, 6.45) is -2.55. The Hall–Kier alpha value is -2.08. The third-order valence-corrected chi connectivity index (χ3v) is 3.87. The molecule has 3 aromatic rings. The molecule has 0 atom stereocenters. The highest BCUT2D eigenvalue weighted by Gasteiger charge is 2.30. The number of halogens is 3. The lowest BCUT2D eigenvalue weighted by atomic mass is 10.1. The lowest BCUT2D eigenvalue weighted by Gasteiger charge is -2.10. The fraction of sp³-hybridized carbons (Fsp3) is 0.125. The molecule has 0 unspecified atom stereocenters. The third kappa shape index (κ3) is 2.78. The van der Waals surface area contributed by atoms with E-state index in [0.717, 1.165) is 17.7 Å². The van der Waals surface area contributed by atoms with Crippen LogP contribution in [-0.4, -0.2) is 16.2 Å². The zero-order valence-electron chi connectivity index (χ0n) is 11.6. The van der Waals surface area contributed by atoms with Gasteiger partial charge in [0.25, 0.3) is 0 Å². The van der Waals surface area contributed by atoms with E-state index in [1.165, 1.54) is 17.8 Å². The summed E-state index contributed by atoms with van der Waals surface area (Å²) in [5.41, 5.74) is 1.55. The van der Waals surface area contributed by atoms with E-state index in [2.05, 4.69) is 9.97 Å². The molecule has 0 bridgehead atoms. The van der Waals surface area contributed by atoms with Crippen molar-refractivity contribution in [2.24, 2.45) is 0 Å². The van der Waals surface area contributed by atoms with E-state index in [-0.39, 0.29) is 5.52 Å². The van der Waals surface area contributed by atoms with E-state index in [4.69, 9.17) is 0 Å². The van der Waals surface area contributed by atoms with E-state index in [0.29, 0.717) is 16.2 Å². The number of fused-ring (bicyclic) bond motifs is 1. The molecule has 2 nitrogen and oxygen atoms in total. The van der Waals surface area contributed by atoms with Crippen LogP contribution in [0.25, 0.3) is 22.3 Å². The Labute approximate surface area is 129 Å². The van der Waals surface area contributed by atoms with Gasteiger partial charge in [0.05, 0.1) is 16.6 Å². The highest BCUT2D eigenvalue weighted by molar-refractivity contribution is 7.98. The highest BCUT2D eigenvalue weighted by Crippen LogP contribution is 2.33. The third-order valence-electron chi connectivity index (χ3n) is 3.20. The number of hydrogen-bond acceptors (Lipinski definition) is 3. The van der Waals surface area contributed by atoms with Crippen LogP contribution in [0.3, 0.4) is 0 Å². The molecule has 0 aliphatic rings. The van der Waals surface area contributed by atoms with Crippen molar-refractivity contribution in [3.05, 3.63) is 54.1 Å². The summed E-state index contributed by atoms with van der Waals surface area (Å²) >= 11 is 1.36. The normalized spacial score (nSPS) is 11.8. The van der Waals surface area contributed by atoms with Crippen LogP contribution in [0.15, 0.2) is 53.6 Å². The minimum atomic E-state index is -4.38. The minimum absolute atomic E-state index is 0.249. The summed E-state index contributed by atoms with van der Waals surface area (Å²) < 4.78 is 38.4. The summed E-state index contributed by atoms with van der Waals surface area (Å²) in [6, 6.07) is 12.9. The van der Waals surface area contributed by atoms with Crippen LogP contribution in [0.2, 0.25) is 0 Å². The van der Waals surface area contributed by atoms with Gasteiger partial charge in [0.1, 0.15) is 10.7 Å². The standard InChI is InChI=1S/C16H11F3N2S/c1-22-15-14(10-5-3-2-4-6-10)20-12-8-7-11(16(17,18)19)9-13(12)21-15/h2-9H,1H3. The highest BCUT2D eigenvalue weighted by atomic mass is 32.2. The van der Waals surface area contributed by atoms with Gasteiger partial charge in [0.15, 0.2) is 0 Å². The molecule has 6 heteroatoms. The molecule has 0 aliphatic heterocycles. The number of rotatable bonds is 2. The second-order valence-corrected chi connectivity index (χ2v) is 5.44. The molecule has 2 aromatic carbocycles. The second-order valence-electron chi connectivity index (χ2n) is 4.65. The molecule has 22 heavy (non-hydrogen) atoms. The number of hydrogen-bond donors (Lipinski definition) is 0.